The Morgan fingerprint density at radius 2 is 2.19 bits per heavy atom. The Bertz CT molecular complexity index is 472. The Balaban J connectivity index is 1.89. The minimum absolute atomic E-state index is 0.160. The third-order valence-electron chi connectivity index (χ3n) is 3.81. The lowest BCUT2D eigenvalue weighted by Gasteiger charge is -2.16. The van der Waals surface area contributed by atoms with E-state index in [0.29, 0.717) is 11.8 Å². The van der Waals surface area contributed by atoms with Gasteiger partial charge in [-0.05, 0) is 44.6 Å². The molecule has 3 heteroatoms. The molecule has 16 heavy (non-hydrogen) atoms. The summed E-state index contributed by atoms with van der Waals surface area (Å²) in [7, 11) is 0. The van der Waals surface area contributed by atoms with E-state index in [-0.39, 0.29) is 11.8 Å². The number of nitrogens with zero attached hydrogens (tertiary/aromatic N) is 2. The molecule has 3 unspecified atom stereocenters. The molecular weight excluding hydrogens is 200 g/mol. The van der Waals surface area contributed by atoms with Crippen LogP contribution in [0.2, 0.25) is 0 Å². The number of aromatic nitrogens is 2. The first-order chi connectivity index (χ1) is 7.65. The molecule has 0 N–H and O–H groups in total. The zero-order chi connectivity index (χ0) is 11.3. The monoisotopic (exact) mass is 216 g/mol. The van der Waals surface area contributed by atoms with Crippen LogP contribution in [0.3, 0.4) is 0 Å². The second-order valence-corrected chi connectivity index (χ2v) is 5.06. The number of rotatable bonds is 1. The molecule has 1 heterocycles. The van der Waals surface area contributed by atoms with Gasteiger partial charge in [0.2, 0.25) is 0 Å². The lowest BCUT2D eigenvalue weighted by atomic mass is 9.93. The zero-order valence-corrected chi connectivity index (χ0v) is 9.68. The van der Waals surface area contributed by atoms with Crippen molar-refractivity contribution in [3.05, 3.63) is 29.6 Å². The van der Waals surface area contributed by atoms with Crippen molar-refractivity contribution in [3.63, 3.8) is 0 Å². The number of hydrogen-bond acceptors (Lipinski definition) is 2. The molecule has 2 aliphatic carbocycles. The van der Waals surface area contributed by atoms with Crippen molar-refractivity contribution in [2.24, 2.45) is 17.8 Å². The highest BCUT2D eigenvalue weighted by Gasteiger charge is 2.40. The van der Waals surface area contributed by atoms with Gasteiger partial charge in [0.05, 0.1) is 5.69 Å². The molecule has 1 aromatic heterocycles. The van der Waals surface area contributed by atoms with Crippen LogP contribution in [0.4, 0.5) is 0 Å². The van der Waals surface area contributed by atoms with Gasteiger partial charge in [-0.1, -0.05) is 12.2 Å². The third-order valence-corrected chi connectivity index (χ3v) is 3.81. The number of fused-ring (bicyclic) bond motifs is 2. The van der Waals surface area contributed by atoms with E-state index in [1.165, 1.54) is 0 Å². The van der Waals surface area contributed by atoms with Crippen LogP contribution in [0.1, 0.15) is 29.0 Å². The topological polar surface area (TPSA) is 34.9 Å². The number of carbonyl (C=O) groups is 1. The van der Waals surface area contributed by atoms with Gasteiger partial charge in [0, 0.05) is 11.6 Å². The summed E-state index contributed by atoms with van der Waals surface area (Å²) in [5, 5.41) is 4.28. The van der Waals surface area contributed by atoms with Crippen LogP contribution in [0.25, 0.3) is 0 Å². The van der Waals surface area contributed by atoms with Crippen molar-refractivity contribution in [2.45, 2.75) is 26.7 Å². The van der Waals surface area contributed by atoms with Gasteiger partial charge in [-0.15, -0.1) is 0 Å². The average molecular weight is 216 g/mol. The first kappa shape index (κ1) is 9.82. The molecule has 1 fully saturated rings. The molecule has 3 atom stereocenters. The summed E-state index contributed by atoms with van der Waals surface area (Å²) in [6.45, 7) is 3.87. The average Bonchev–Trinajstić information content (AvgIpc) is 2.91. The van der Waals surface area contributed by atoms with Gasteiger partial charge in [0.1, 0.15) is 0 Å². The molecule has 1 aromatic rings. The molecule has 3 rings (SSSR count). The summed E-state index contributed by atoms with van der Waals surface area (Å²) in [6, 6.07) is 1.96. The Kier molecular flexibility index (Phi) is 2.03. The van der Waals surface area contributed by atoms with Crippen LogP contribution in [0.15, 0.2) is 18.2 Å². The highest BCUT2D eigenvalue weighted by Crippen LogP contribution is 2.44. The molecule has 0 radical (unpaired) electrons. The van der Waals surface area contributed by atoms with Gasteiger partial charge < -0.3 is 0 Å². The third kappa shape index (κ3) is 1.34. The van der Waals surface area contributed by atoms with E-state index >= 15 is 0 Å². The predicted octanol–water partition coefficient (Wildman–Crippen LogP) is 2.35. The fraction of sp³-hybridized carbons (Fsp3) is 0.538. The van der Waals surface area contributed by atoms with Crippen molar-refractivity contribution >= 4 is 5.91 Å². The fourth-order valence-corrected chi connectivity index (χ4v) is 3.07. The lowest BCUT2D eigenvalue weighted by molar-refractivity contribution is 0.0794. The summed E-state index contributed by atoms with van der Waals surface area (Å²) < 4.78 is 1.59. The van der Waals surface area contributed by atoms with Gasteiger partial charge in [-0.25, -0.2) is 4.68 Å². The highest BCUT2D eigenvalue weighted by atomic mass is 16.2. The van der Waals surface area contributed by atoms with E-state index in [1.807, 2.05) is 19.9 Å². The molecule has 0 saturated heterocycles. The summed E-state index contributed by atoms with van der Waals surface area (Å²) in [5.74, 6) is 1.44. The van der Waals surface area contributed by atoms with Gasteiger partial charge >= 0.3 is 0 Å². The van der Waals surface area contributed by atoms with Crippen molar-refractivity contribution in [2.75, 3.05) is 0 Å². The standard InChI is InChI=1S/C13H16N2O/c1-8-5-9(2)15(14-8)13(16)12-7-10-3-4-11(12)6-10/h3-5,10-12H,6-7H2,1-2H3. The maximum atomic E-state index is 12.3. The second kappa shape index (κ2) is 3.30. The second-order valence-electron chi connectivity index (χ2n) is 5.06. The maximum absolute atomic E-state index is 12.3. The Hall–Kier alpha value is -1.38. The van der Waals surface area contributed by atoms with Crippen LogP contribution >= 0.6 is 0 Å². The molecule has 2 aliphatic rings. The number of hydrogen-bond donors (Lipinski definition) is 0. The molecule has 0 aliphatic heterocycles. The number of allylic oxidation sites excluding steroid dienone is 2. The van der Waals surface area contributed by atoms with E-state index < -0.39 is 0 Å². The van der Waals surface area contributed by atoms with Gasteiger partial charge in [0.25, 0.3) is 5.91 Å². The molecule has 3 nitrogen and oxygen atoms in total. The fourth-order valence-electron chi connectivity index (χ4n) is 3.07. The van der Waals surface area contributed by atoms with E-state index in [2.05, 4.69) is 17.3 Å². The molecule has 1 saturated carbocycles. The smallest absolute Gasteiger partial charge is 0.250 e. The normalized spacial score (nSPS) is 31.2. The zero-order valence-electron chi connectivity index (χ0n) is 9.68. The quantitative estimate of drug-likeness (QED) is 0.675. The van der Waals surface area contributed by atoms with Crippen LogP contribution in [0.5, 0.6) is 0 Å². The predicted molar refractivity (Wildman–Crippen MR) is 61.2 cm³/mol. The van der Waals surface area contributed by atoms with Gasteiger partial charge in [0.15, 0.2) is 0 Å². The SMILES string of the molecule is Cc1cc(C)n(C(=O)C2CC3C=CC2C3)n1. The van der Waals surface area contributed by atoms with Crippen LogP contribution in [-0.4, -0.2) is 15.7 Å². The van der Waals surface area contributed by atoms with Crippen LogP contribution in [-0.2, 0) is 0 Å². The van der Waals surface area contributed by atoms with Crippen LogP contribution in [0, 0.1) is 31.6 Å². The summed E-state index contributed by atoms with van der Waals surface area (Å²) in [4.78, 5) is 12.3. The van der Waals surface area contributed by atoms with E-state index in [1.54, 1.807) is 4.68 Å². The maximum Gasteiger partial charge on any atom is 0.250 e. The first-order valence-corrected chi connectivity index (χ1v) is 5.91. The Labute approximate surface area is 95.1 Å². The first-order valence-electron chi connectivity index (χ1n) is 5.91. The highest BCUT2D eigenvalue weighted by molar-refractivity contribution is 5.82. The van der Waals surface area contributed by atoms with Gasteiger partial charge in [-0.2, -0.15) is 5.10 Å². The minimum atomic E-state index is 0.160. The van der Waals surface area contributed by atoms with E-state index in [0.717, 1.165) is 24.2 Å². The Morgan fingerprint density at radius 3 is 2.69 bits per heavy atom. The van der Waals surface area contributed by atoms with Gasteiger partial charge in [-0.3, -0.25) is 4.79 Å². The van der Waals surface area contributed by atoms with Crippen molar-refractivity contribution < 1.29 is 4.79 Å². The molecule has 0 spiro atoms. The van der Waals surface area contributed by atoms with Crippen LogP contribution < -0.4 is 0 Å². The Morgan fingerprint density at radius 1 is 1.38 bits per heavy atom. The summed E-state index contributed by atoms with van der Waals surface area (Å²) in [6.07, 6.45) is 6.64. The molecule has 2 bridgehead atoms. The minimum Gasteiger partial charge on any atom is -0.272 e. The van der Waals surface area contributed by atoms with E-state index in [9.17, 15) is 4.79 Å². The molecular formula is C13H16N2O. The van der Waals surface area contributed by atoms with Crippen molar-refractivity contribution in [3.8, 4) is 0 Å². The lowest BCUT2D eigenvalue weighted by Crippen LogP contribution is -2.26. The number of carbonyl (C=O) groups excluding carboxylic acids is 1. The molecule has 0 amide bonds. The summed E-state index contributed by atoms with van der Waals surface area (Å²) in [5.41, 5.74) is 1.87. The van der Waals surface area contributed by atoms with Crippen molar-refractivity contribution in [1.82, 2.24) is 9.78 Å². The van der Waals surface area contributed by atoms with Crippen molar-refractivity contribution in [1.29, 1.82) is 0 Å². The molecule has 84 valence electrons. The number of aryl methyl sites for hydroxylation is 2. The largest absolute Gasteiger partial charge is 0.272 e. The molecule has 0 aromatic carbocycles. The summed E-state index contributed by atoms with van der Waals surface area (Å²) >= 11 is 0. The van der Waals surface area contributed by atoms with E-state index in [4.69, 9.17) is 0 Å².